The van der Waals surface area contributed by atoms with Gasteiger partial charge in [-0.3, -0.25) is 0 Å². The van der Waals surface area contributed by atoms with Gasteiger partial charge < -0.3 is 20.1 Å². The lowest BCUT2D eigenvalue weighted by Gasteiger charge is -2.35. The number of aliphatic hydroxyl groups is 3. The minimum atomic E-state index is -0.982. The van der Waals surface area contributed by atoms with Crippen molar-refractivity contribution in [3.05, 3.63) is 65.0 Å². The zero-order valence-electron chi connectivity index (χ0n) is 15.2. The first-order valence-corrected chi connectivity index (χ1v) is 10.1. The van der Waals surface area contributed by atoms with Crippen LogP contribution in [0.4, 0.5) is 4.39 Å². The maximum absolute atomic E-state index is 13.8. The largest absolute Gasteiger partial charge is 0.479 e. The third-order valence-electron chi connectivity index (χ3n) is 4.82. The number of rotatable bonds is 6. The summed E-state index contributed by atoms with van der Waals surface area (Å²) in [6, 6.07) is 12.6. The second-order valence-corrected chi connectivity index (χ2v) is 8.20. The highest BCUT2D eigenvalue weighted by Gasteiger charge is 2.37. The first-order chi connectivity index (χ1) is 13.0. The topological polar surface area (TPSA) is 69.9 Å². The molecule has 1 aliphatic heterocycles. The second kappa shape index (κ2) is 9.06. The molecule has 4 atom stereocenters. The van der Waals surface area contributed by atoms with Gasteiger partial charge in [0.25, 0.3) is 0 Å². The average molecular weight is 392 g/mol. The van der Waals surface area contributed by atoms with Crippen LogP contribution in [-0.2, 0) is 12.8 Å². The summed E-state index contributed by atoms with van der Waals surface area (Å²) in [4.78, 5) is 0. The number of halogens is 1. The van der Waals surface area contributed by atoms with Gasteiger partial charge in [-0.2, -0.15) is 0 Å². The quantitative estimate of drug-likeness (QED) is 0.705. The Morgan fingerprint density at radius 1 is 1.11 bits per heavy atom. The molecule has 1 saturated heterocycles. The number of hydrogen-bond acceptors (Lipinski definition) is 5. The van der Waals surface area contributed by atoms with Crippen LogP contribution in [0.1, 0.15) is 30.0 Å². The number of thioether (sulfide) groups is 1. The zero-order valence-corrected chi connectivity index (χ0v) is 16.0. The summed E-state index contributed by atoms with van der Waals surface area (Å²) < 4.78 is 19.8. The molecule has 3 N–H and O–H groups in total. The normalized spacial score (nSPS) is 25.4. The number of benzene rings is 2. The third kappa shape index (κ3) is 5.02. The maximum atomic E-state index is 13.8. The second-order valence-electron chi connectivity index (χ2n) is 6.80. The van der Waals surface area contributed by atoms with Gasteiger partial charge in [0.05, 0.1) is 24.1 Å². The fourth-order valence-corrected chi connectivity index (χ4v) is 4.48. The Hall–Kier alpha value is -1.60. The van der Waals surface area contributed by atoms with Crippen LogP contribution in [0.15, 0.2) is 42.5 Å². The Balaban J connectivity index is 1.77. The molecule has 1 fully saturated rings. The first-order valence-electron chi connectivity index (χ1n) is 9.15. The van der Waals surface area contributed by atoms with Crippen molar-refractivity contribution in [2.75, 3.05) is 6.61 Å². The molecule has 0 unspecified atom stereocenters. The molecule has 0 bridgehead atoms. The molecule has 6 heteroatoms. The van der Waals surface area contributed by atoms with E-state index < -0.39 is 22.9 Å². The summed E-state index contributed by atoms with van der Waals surface area (Å²) in [5.41, 5.74) is 2.60. The smallest absolute Gasteiger partial charge is 0.147 e. The molecule has 1 aliphatic rings. The van der Waals surface area contributed by atoms with E-state index in [2.05, 4.69) is 19.1 Å². The van der Waals surface area contributed by atoms with Crippen LogP contribution >= 0.6 is 11.8 Å². The van der Waals surface area contributed by atoms with Crippen LogP contribution in [0, 0.1) is 5.82 Å². The van der Waals surface area contributed by atoms with E-state index in [0.717, 1.165) is 17.5 Å². The number of ether oxygens (including phenoxy) is 1. The van der Waals surface area contributed by atoms with Crippen LogP contribution in [0.3, 0.4) is 0 Å². The monoisotopic (exact) mass is 392 g/mol. The molecule has 4 nitrogen and oxygen atoms in total. The highest BCUT2D eigenvalue weighted by atomic mass is 32.2. The van der Waals surface area contributed by atoms with E-state index in [9.17, 15) is 19.7 Å². The Kier molecular flexibility index (Phi) is 6.76. The molecule has 0 spiro atoms. The lowest BCUT2D eigenvalue weighted by Crippen LogP contribution is -2.46. The minimum absolute atomic E-state index is 0.240. The fraction of sp³-hybridized carbons (Fsp3) is 0.429. The molecular weight excluding hydrogens is 367 g/mol. The van der Waals surface area contributed by atoms with E-state index >= 15 is 0 Å². The molecule has 0 amide bonds. The fourth-order valence-electron chi connectivity index (χ4n) is 3.20. The predicted molar refractivity (Wildman–Crippen MR) is 105 cm³/mol. The van der Waals surface area contributed by atoms with Gasteiger partial charge in [-0.1, -0.05) is 31.2 Å². The van der Waals surface area contributed by atoms with Gasteiger partial charge in [0.15, 0.2) is 0 Å². The number of aliphatic hydroxyl groups excluding tert-OH is 3. The summed E-state index contributed by atoms with van der Waals surface area (Å²) in [7, 11) is 0. The maximum Gasteiger partial charge on any atom is 0.147 e. The first kappa shape index (κ1) is 20.1. The lowest BCUT2D eigenvalue weighted by atomic mass is 10.0. The summed E-state index contributed by atoms with van der Waals surface area (Å²) >= 11 is 1.29. The summed E-state index contributed by atoms with van der Waals surface area (Å²) in [5, 5.41) is 28.8. The predicted octanol–water partition coefficient (Wildman–Crippen LogP) is 2.90. The van der Waals surface area contributed by atoms with Gasteiger partial charge >= 0.3 is 0 Å². The van der Waals surface area contributed by atoms with Crippen LogP contribution in [0.5, 0.6) is 5.75 Å². The zero-order chi connectivity index (χ0) is 19.4. The highest BCUT2D eigenvalue weighted by Crippen LogP contribution is 2.35. The van der Waals surface area contributed by atoms with Crippen molar-refractivity contribution < 1.29 is 24.4 Å². The number of aryl methyl sites for hydroxylation is 1. The van der Waals surface area contributed by atoms with E-state index in [0.29, 0.717) is 12.2 Å². The lowest BCUT2D eigenvalue weighted by molar-refractivity contribution is -0.0125. The summed E-state index contributed by atoms with van der Waals surface area (Å²) in [6.07, 6.45) is -0.204. The molecule has 0 aliphatic carbocycles. The Morgan fingerprint density at radius 2 is 1.81 bits per heavy atom. The van der Waals surface area contributed by atoms with Gasteiger partial charge in [-0.05, 0) is 35.7 Å². The standard InChI is InChI=1S/C21H25FO4S/c1-2-13-3-5-14(6-4-13)9-15-10-16(22)7-8-18(15)26-20-11-17(24)21(25)19(12-23)27-20/h3-8,10,17,19-21,23-25H,2,9,11-12H2,1H3/t17-,19-,20-,21+/m1/s1. The Morgan fingerprint density at radius 3 is 2.48 bits per heavy atom. The minimum Gasteiger partial charge on any atom is -0.479 e. The average Bonchev–Trinajstić information content (AvgIpc) is 2.67. The van der Waals surface area contributed by atoms with E-state index in [1.54, 1.807) is 6.07 Å². The third-order valence-corrected chi connectivity index (χ3v) is 6.19. The van der Waals surface area contributed by atoms with E-state index in [1.165, 1.54) is 29.5 Å². The summed E-state index contributed by atoms with van der Waals surface area (Å²) in [6.45, 7) is 1.85. The van der Waals surface area contributed by atoms with Crippen LogP contribution in [0.2, 0.25) is 0 Å². The SMILES string of the molecule is CCc1ccc(Cc2cc(F)ccc2O[C@H]2C[C@@H](O)[C@H](O)[C@@H](CO)S2)cc1. The highest BCUT2D eigenvalue weighted by molar-refractivity contribution is 8.00. The van der Waals surface area contributed by atoms with Crippen molar-refractivity contribution in [1.29, 1.82) is 0 Å². The molecule has 1 heterocycles. The molecule has 0 aromatic heterocycles. The van der Waals surface area contributed by atoms with Crippen molar-refractivity contribution >= 4 is 11.8 Å². The van der Waals surface area contributed by atoms with E-state index in [4.69, 9.17) is 4.74 Å². The van der Waals surface area contributed by atoms with Crippen LogP contribution in [0.25, 0.3) is 0 Å². The van der Waals surface area contributed by atoms with Crippen molar-refractivity contribution in [3.8, 4) is 5.75 Å². The molecule has 2 aromatic rings. The molecule has 3 rings (SSSR count). The molecular formula is C21H25FO4S. The van der Waals surface area contributed by atoms with Crippen LogP contribution < -0.4 is 4.74 Å². The molecule has 146 valence electrons. The van der Waals surface area contributed by atoms with E-state index in [-0.39, 0.29) is 18.8 Å². The van der Waals surface area contributed by atoms with Gasteiger partial charge in [-0.15, -0.1) is 11.8 Å². The molecule has 2 aromatic carbocycles. The van der Waals surface area contributed by atoms with Crippen LogP contribution in [-0.4, -0.2) is 44.8 Å². The van der Waals surface area contributed by atoms with Gasteiger partial charge in [-0.25, -0.2) is 4.39 Å². The van der Waals surface area contributed by atoms with Gasteiger partial charge in [0, 0.05) is 18.4 Å². The molecule has 27 heavy (non-hydrogen) atoms. The van der Waals surface area contributed by atoms with Crippen molar-refractivity contribution in [3.63, 3.8) is 0 Å². The Bertz CT molecular complexity index is 752. The van der Waals surface area contributed by atoms with E-state index in [1.807, 2.05) is 12.1 Å². The summed E-state index contributed by atoms with van der Waals surface area (Å²) in [5.74, 6) is 0.219. The Labute approximate surface area is 163 Å². The van der Waals surface area contributed by atoms with Crippen molar-refractivity contribution in [1.82, 2.24) is 0 Å². The van der Waals surface area contributed by atoms with Crippen molar-refractivity contribution in [2.24, 2.45) is 0 Å². The van der Waals surface area contributed by atoms with Gasteiger partial charge in [0.2, 0.25) is 0 Å². The van der Waals surface area contributed by atoms with Gasteiger partial charge in [0.1, 0.15) is 17.0 Å². The van der Waals surface area contributed by atoms with Crippen molar-refractivity contribution in [2.45, 2.75) is 49.1 Å². The molecule has 0 saturated carbocycles. The number of hydrogen-bond donors (Lipinski definition) is 3. The molecule has 0 radical (unpaired) electrons.